The zero-order valence-electron chi connectivity index (χ0n) is 10.00. The van der Waals surface area contributed by atoms with Gasteiger partial charge in [-0.3, -0.25) is 0 Å². The zero-order chi connectivity index (χ0) is 11.7. The molecule has 2 rings (SSSR count). The summed E-state index contributed by atoms with van der Waals surface area (Å²) < 4.78 is 0. The highest BCUT2D eigenvalue weighted by molar-refractivity contribution is 7.16. The van der Waals surface area contributed by atoms with Gasteiger partial charge < -0.3 is 5.32 Å². The fourth-order valence-corrected chi connectivity index (χ4v) is 3.64. The van der Waals surface area contributed by atoms with Crippen molar-refractivity contribution in [2.45, 2.75) is 26.8 Å². The molecular weight excluding hydrogens is 236 g/mol. The zero-order valence-corrected chi connectivity index (χ0v) is 11.6. The maximum absolute atomic E-state index is 4.51. The third kappa shape index (κ3) is 2.19. The van der Waals surface area contributed by atoms with Crippen molar-refractivity contribution in [1.82, 2.24) is 10.3 Å². The normalized spacial score (nSPS) is 13.0. The average molecular weight is 252 g/mol. The lowest BCUT2D eigenvalue weighted by atomic mass is 10.2. The van der Waals surface area contributed by atoms with Gasteiger partial charge in [0.2, 0.25) is 0 Å². The molecule has 4 heteroatoms. The maximum atomic E-state index is 4.51. The molecule has 0 bridgehead atoms. The highest BCUT2D eigenvalue weighted by Crippen LogP contribution is 2.34. The van der Waals surface area contributed by atoms with Crippen molar-refractivity contribution >= 4 is 22.7 Å². The van der Waals surface area contributed by atoms with Gasteiger partial charge in [-0.25, -0.2) is 4.98 Å². The van der Waals surface area contributed by atoms with Crippen LogP contribution in [0.5, 0.6) is 0 Å². The van der Waals surface area contributed by atoms with E-state index < -0.39 is 0 Å². The molecule has 0 aliphatic rings. The second-order valence-electron chi connectivity index (χ2n) is 3.91. The van der Waals surface area contributed by atoms with E-state index in [2.05, 4.69) is 37.1 Å². The van der Waals surface area contributed by atoms with E-state index in [1.54, 1.807) is 11.3 Å². The molecule has 2 heterocycles. The molecule has 1 N–H and O–H groups in total. The fourth-order valence-electron chi connectivity index (χ4n) is 1.60. The van der Waals surface area contributed by atoms with Crippen LogP contribution in [0.2, 0.25) is 0 Å². The number of aryl methyl sites for hydroxylation is 2. The summed E-state index contributed by atoms with van der Waals surface area (Å²) >= 11 is 3.62. The molecule has 0 saturated carbocycles. The third-order valence-electron chi connectivity index (χ3n) is 2.65. The second kappa shape index (κ2) is 4.65. The first-order valence-electron chi connectivity index (χ1n) is 5.32. The SMILES string of the molecule is CNC(C)c1cnc(-c2cc(C)sc2C)s1. The summed E-state index contributed by atoms with van der Waals surface area (Å²) in [5, 5.41) is 4.38. The van der Waals surface area contributed by atoms with Crippen molar-refractivity contribution in [2.24, 2.45) is 0 Å². The first kappa shape index (κ1) is 11.8. The lowest BCUT2D eigenvalue weighted by Gasteiger charge is -2.04. The average Bonchev–Trinajstić information content (AvgIpc) is 2.83. The van der Waals surface area contributed by atoms with Crippen LogP contribution >= 0.6 is 22.7 Å². The van der Waals surface area contributed by atoms with Gasteiger partial charge in [0, 0.05) is 32.4 Å². The summed E-state index contributed by atoms with van der Waals surface area (Å²) in [6.07, 6.45) is 1.98. The van der Waals surface area contributed by atoms with Crippen LogP contribution in [0.4, 0.5) is 0 Å². The van der Waals surface area contributed by atoms with Gasteiger partial charge in [-0.2, -0.15) is 0 Å². The van der Waals surface area contributed by atoms with Crippen LogP contribution in [0.15, 0.2) is 12.3 Å². The third-order valence-corrected chi connectivity index (χ3v) is 4.83. The Morgan fingerprint density at radius 3 is 2.62 bits per heavy atom. The van der Waals surface area contributed by atoms with Crippen molar-refractivity contribution in [1.29, 1.82) is 0 Å². The topological polar surface area (TPSA) is 24.9 Å². The minimum Gasteiger partial charge on any atom is -0.312 e. The van der Waals surface area contributed by atoms with Gasteiger partial charge >= 0.3 is 0 Å². The molecule has 0 aromatic carbocycles. The standard InChI is InChI=1S/C12H16N2S2/c1-7-5-10(9(3)15-7)12-14-6-11(16-12)8(2)13-4/h5-6,8,13H,1-4H3. The first-order chi connectivity index (χ1) is 7.61. The summed E-state index contributed by atoms with van der Waals surface area (Å²) in [6, 6.07) is 2.61. The lowest BCUT2D eigenvalue weighted by molar-refractivity contribution is 0.662. The highest BCUT2D eigenvalue weighted by atomic mass is 32.1. The van der Waals surface area contributed by atoms with E-state index in [9.17, 15) is 0 Å². The minimum atomic E-state index is 0.381. The number of aromatic nitrogens is 1. The quantitative estimate of drug-likeness (QED) is 0.899. The van der Waals surface area contributed by atoms with E-state index in [0.29, 0.717) is 6.04 Å². The van der Waals surface area contributed by atoms with Crippen LogP contribution in [0.3, 0.4) is 0 Å². The summed E-state index contributed by atoms with van der Waals surface area (Å²) in [5.74, 6) is 0. The van der Waals surface area contributed by atoms with Crippen molar-refractivity contribution in [3.8, 4) is 10.6 Å². The molecular formula is C12H16N2S2. The van der Waals surface area contributed by atoms with E-state index in [1.807, 2.05) is 24.6 Å². The highest BCUT2D eigenvalue weighted by Gasteiger charge is 2.12. The van der Waals surface area contributed by atoms with E-state index in [1.165, 1.54) is 20.2 Å². The number of hydrogen-bond donors (Lipinski definition) is 1. The van der Waals surface area contributed by atoms with E-state index in [0.717, 1.165) is 5.01 Å². The van der Waals surface area contributed by atoms with Gasteiger partial charge in [0.15, 0.2) is 0 Å². The van der Waals surface area contributed by atoms with Crippen LogP contribution in [0.1, 0.15) is 27.6 Å². The fraction of sp³-hybridized carbons (Fsp3) is 0.417. The summed E-state index contributed by atoms with van der Waals surface area (Å²) in [5.41, 5.74) is 1.29. The van der Waals surface area contributed by atoms with Crippen molar-refractivity contribution in [3.63, 3.8) is 0 Å². The lowest BCUT2D eigenvalue weighted by Crippen LogP contribution is -2.10. The number of nitrogens with one attached hydrogen (secondary N) is 1. The minimum absolute atomic E-state index is 0.381. The number of thiophene rings is 1. The molecule has 0 radical (unpaired) electrons. The van der Waals surface area contributed by atoms with Gasteiger partial charge in [-0.15, -0.1) is 22.7 Å². The molecule has 1 unspecified atom stereocenters. The molecule has 0 aliphatic heterocycles. The molecule has 2 nitrogen and oxygen atoms in total. The Hall–Kier alpha value is -0.710. The van der Waals surface area contributed by atoms with E-state index in [-0.39, 0.29) is 0 Å². The number of nitrogens with zero attached hydrogens (tertiary/aromatic N) is 1. The molecule has 2 aromatic heterocycles. The largest absolute Gasteiger partial charge is 0.312 e. The van der Waals surface area contributed by atoms with Crippen LogP contribution in [-0.2, 0) is 0 Å². The summed E-state index contributed by atoms with van der Waals surface area (Å²) in [6.45, 7) is 6.46. The predicted octanol–water partition coefficient (Wildman–Crippen LogP) is 3.77. The number of hydrogen-bond acceptors (Lipinski definition) is 4. The molecule has 0 amide bonds. The van der Waals surface area contributed by atoms with Gasteiger partial charge in [0.1, 0.15) is 5.01 Å². The molecule has 0 spiro atoms. The molecule has 0 saturated heterocycles. The van der Waals surface area contributed by atoms with Crippen LogP contribution in [0.25, 0.3) is 10.6 Å². The maximum Gasteiger partial charge on any atom is 0.124 e. The molecule has 0 aliphatic carbocycles. The Morgan fingerprint density at radius 1 is 1.31 bits per heavy atom. The van der Waals surface area contributed by atoms with Crippen LogP contribution < -0.4 is 5.32 Å². The van der Waals surface area contributed by atoms with Crippen LogP contribution in [-0.4, -0.2) is 12.0 Å². The van der Waals surface area contributed by atoms with Gasteiger partial charge in [-0.05, 0) is 33.9 Å². The Kier molecular flexibility index (Phi) is 3.42. The van der Waals surface area contributed by atoms with Gasteiger partial charge in [0.25, 0.3) is 0 Å². The Bertz CT molecular complexity index is 485. The summed E-state index contributed by atoms with van der Waals surface area (Å²) in [7, 11) is 1.98. The molecule has 1 atom stereocenters. The smallest absolute Gasteiger partial charge is 0.124 e. The van der Waals surface area contributed by atoms with Crippen molar-refractivity contribution in [3.05, 3.63) is 26.9 Å². The molecule has 2 aromatic rings. The number of rotatable bonds is 3. The molecule has 16 heavy (non-hydrogen) atoms. The van der Waals surface area contributed by atoms with Crippen molar-refractivity contribution < 1.29 is 0 Å². The van der Waals surface area contributed by atoms with E-state index in [4.69, 9.17) is 0 Å². The Morgan fingerprint density at radius 2 is 2.06 bits per heavy atom. The predicted molar refractivity (Wildman–Crippen MR) is 72.4 cm³/mol. The van der Waals surface area contributed by atoms with Gasteiger partial charge in [-0.1, -0.05) is 0 Å². The molecule has 86 valence electrons. The van der Waals surface area contributed by atoms with Crippen LogP contribution in [0, 0.1) is 13.8 Å². The first-order valence-corrected chi connectivity index (χ1v) is 6.95. The van der Waals surface area contributed by atoms with Gasteiger partial charge in [0.05, 0.1) is 0 Å². The monoisotopic (exact) mass is 252 g/mol. The second-order valence-corrected chi connectivity index (χ2v) is 6.43. The van der Waals surface area contributed by atoms with E-state index >= 15 is 0 Å². The Labute approximate surface area is 104 Å². The van der Waals surface area contributed by atoms with Crippen molar-refractivity contribution in [2.75, 3.05) is 7.05 Å². The molecule has 0 fully saturated rings. The Balaban J connectivity index is 2.35. The summed E-state index contributed by atoms with van der Waals surface area (Å²) in [4.78, 5) is 8.52. The number of thiazole rings is 1.